The Balaban J connectivity index is 2.33. The maximum atomic E-state index is 13.7. The van der Waals surface area contributed by atoms with Gasteiger partial charge < -0.3 is 10.6 Å². The number of nitrogens with one attached hydrogen (secondary N) is 2. The second-order valence-electron chi connectivity index (χ2n) is 4.68. The van der Waals surface area contributed by atoms with E-state index in [2.05, 4.69) is 10.6 Å². The third-order valence-electron chi connectivity index (χ3n) is 3.15. The minimum atomic E-state index is -0.443. The normalized spacial score (nSPS) is 10.2. The van der Waals surface area contributed by atoms with Crippen molar-refractivity contribution >= 4 is 17.3 Å². The van der Waals surface area contributed by atoms with Gasteiger partial charge in [0.15, 0.2) is 0 Å². The zero-order chi connectivity index (χ0) is 14.7. The van der Waals surface area contributed by atoms with Gasteiger partial charge in [0.05, 0.1) is 11.3 Å². The van der Waals surface area contributed by atoms with Crippen molar-refractivity contribution in [2.75, 3.05) is 17.7 Å². The Hall–Kier alpha value is -2.36. The lowest BCUT2D eigenvalue weighted by Crippen LogP contribution is -2.15. The summed E-state index contributed by atoms with van der Waals surface area (Å²) in [6.07, 6.45) is 0. The number of hydrogen-bond acceptors (Lipinski definition) is 2. The molecule has 0 radical (unpaired) electrons. The average molecular weight is 272 g/mol. The van der Waals surface area contributed by atoms with E-state index in [1.807, 2.05) is 32.0 Å². The Kier molecular flexibility index (Phi) is 4.03. The summed E-state index contributed by atoms with van der Waals surface area (Å²) in [5.41, 5.74) is 3.25. The number of para-hydroxylation sites is 1. The first-order valence-electron chi connectivity index (χ1n) is 6.38. The quantitative estimate of drug-likeness (QED) is 0.893. The Bertz CT molecular complexity index is 653. The monoisotopic (exact) mass is 272 g/mol. The Morgan fingerprint density at radius 1 is 1.15 bits per heavy atom. The molecule has 0 spiro atoms. The van der Waals surface area contributed by atoms with Gasteiger partial charge in [-0.25, -0.2) is 4.39 Å². The van der Waals surface area contributed by atoms with E-state index < -0.39 is 5.82 Å². The van der Waals surface area contributed by atoms with Crippen LogP contribution < -0.4 is 10.6 Å². The SMILES string of the molecule is CNc1c(F)cccc1C(=O)Nc1cc(C)ccc1C. The van der Waals surface area contributed by atoms with Crippen molar-refractivity contribution in [2.24, 2.45) is 0 Å². The summed E-state index contributed by atoms with van der Waals surface area (Å²) in [5, 5.41) is 5.54. The van der Waals surface area contributed by atoms with Crippen molar-refractivity contribution in [3.8, 4) is 0 Å². The third kappa shape index (κ3) is 2.79. The van der Waals surface area contributed by atoms with Crippen molar-refractivity contribution < 1.29 is 9.18 Å². The highest BCUT2D eigenvalue weighted by molar-refractivity contribution is 6.08. The fourth-order valence-corrected chi connectivity index (χ4v) is 2.03. The molecule has 3 nitrogen and oxygen atoms in total. The highest BCUT2D eigenvalue weighted by atomic mass is 19.1. The fraction of sp³-hybridized carbons (Fsp3) is 0.188. The van der Waals surface area contributed by atoms with Crippen molar-refractivity contribution in [1.29, 1.82) is 0 Å². The molecule has 0 saturated heterocycles. The molecule has 0 aromatic heterocycles. The van der Waals surface area contributed by atoms with Crippen LogP contribution in [0.4, 0.5) is 15.8 Å². The number of anilines is 2. The molecule has 0 aliphatic heterocycles. The molecule has 0 aliphatic rings. The summed E-state index contributed by atoms with van der Waals surface area (Å²) >= 11 is 0. The largest absolute Gasteiger partial charge is 0.385 e. The lowest BCUT2D eigenvalue weighted by atomic mass is 10.1. The standard InChI is InChI=1S/C16H17FN2O/c1-10-7-8-11(2)14(9-10)19-16(20)12-5-4-6-13(17)15(12)18-3/h4-9,18H,1-3H3,(H,19,20). The molecule has 0 bridgehead atoms. The number of aryl methyl sites for hydroxylation is 2. The molecule has 0 saturated carbocycles. The zero-order valence-corrected chi connectivity index (χ0v) is 11.8. The van der Waals surface area contributed by atoms with Crippen LogP contribution in [0.1, 0.15) is 21.5 Å². The van der Waals surface area contributed by atoms with Crippen LogP contribution in [-0.4, -0.2) is 13.0 Å². The molecule has 0 unspecified atom stereocenters. The molecule has 104 valence electrons. The summed E-state index contributed by atoms with van der Waals surface area (Å²) in [6, 6.07) is 10.2. The summed E-state index contributed by atoms with van der Waals surface area (Å²) in [5.74, 6) is -0.774. The molecule has 0 atom stereocenters. The summed E-state index contributed by atoms with van der Waals surface area (Å²) in [4.78, 5) is 12.3. The number of carbonyl (C=O) groups excluding carboxylic acids is 1. The van der Waals surface area contributed by atoms with Crippen LogP contribution in [0, 0.1) is 19.7 Å². The van der Waals surface area contributed by atoms with Gasteiger partial charge in [-0.3, -0.25) is 4.79 Å². The smallest absolute Gasteiger partial charge is 0.257 e. The number of carbonyl (C=O) groups is 1. The van der Waals surface area contributed by atoms with Gasteiger partial charge >= 0.3 is 0 Å². The highest BCUT2D eigenvalue weighted by Crippen LogP contribution is 2.22. The van der Waals surface area contributed by atoms with Gasteiger partial charge in [-0.15, -0.1) is 0 Å². The molecule has 2 N–H and O–H groups in total. The second-order valence-corrected chi connectivity index (χ2v) is 4.68. The minimum absolute atomic E-state index is 0.204. The first kappa shape index (κ1) is 14.1. The Labute approximate surface area is 117 Å². The number of halogens is 1. The van der Waals surface area contributed by atoms with E-state index >= 15 is 0 Å². The molecule has 1 amide bonds. The van der Waals surface area contributed by atoms with Gasteiger partial charge in [0, 0.05) is 12.7 Å². The molecule has 2 aromatic carbocycles. The van der Waals surface area contributed by atoms with Crippen molar-refractivity contribution in [3.05, 3.63) is 58.9 Å². The molecule has 2 rings (SSSR count). The molecular formula is C16H17FN2O. The Morgan fingerprint density at radius 2 is 1.90 bits per heavy atom. The minimum Gasteiger partial charge on any atom is -0.385 e. The molecule has 2 aromatic rings. The lowest BCUT2D eigenvalue weighted by molar-refractivity contribution is 0.102. The van der Waals surface area contributed by atoms with Crippen LogP contribution in [0.5, 0.6) is 0 Å². The van der Waals surface area contributed by atoms with Crippen LogP contribution in [0.2, 0.25) is 0 Å². The molecular weight excluding hydrogens is 255 g/mol. The van der Waals surface area contributed by atoms with Crippen molar-refractivity contribution in [1.82, 2.24) is 0 Å². The van der Waals surface area contributed by atoms with E-state index in [9.17, 15) is 9.18 Å². The van der Waals surface area contributed by atoms with Crippen LogP contribution in [0.15, 0.2) is 36.4 Å². The van der Waals surface area contributed by atoms with E-state index in [-0.39, 0.29) is 17.2 Å². The number of rotatable bonds is 3. The first-order valence-corrected chi connectivity index (χ1v) is 6.38. The maximum absolute atomic E-state index is 13.7. The fourth-order valence-electron chi connectivity index (χ4n) is 2.03. The van der Waals surface area contributed by atoms with Gasteiger partial charge in [0.25, 0.3) is 5.91 Å². The zero-order valence-electron chi connectivity index (χ0n) is 11.8. The van der Waals surface area contributed by atoms with E-state index in [0.29, 0.717) is 0 Å². The van der Waals surface area contributed by atoms with Gasteiger partial charge in [0.2, 0.25) is 0 Å². The van der Waals surface area contributed by atoms with E-state index in [1.54, 1.807) is 13.1 Å². The molecule has 0 heterocycles. The maximum Gasteiger partial charge on any atom is 0.257 e. The number of amides is 1. The van der Waals surface area contributed by atoms with Gasteiger partial charge in [-0.05, 0) is 43.2 Å². The van der Waals surface area contributed by atoms with Gasteiger partial charge in [-0.1, -0.05) is 18.2 Å². The predicted molar refractivity (Wildman–Crippen MR) is 79.8 cm³/mol. The molecule has 0 aliphatic carbocycles. The van der Waals surface area contributed by atoms with Gasteiger partial charge in [-0.2, -0.15) is 0 Å². The van der Waals surface area contributed by atoms with Crippen LogP contribution in [0.3, 0.4) is 0 Å². The second kappa shape index (κ2) is 5.74. The van der Waals surface area contributed by atoms with E-state index in [4.69, 9.17) is 0 Å². The van der Waals surface area contributed by atoms with Crippen LogP contribution in [0.25, 0.3) is 0 Å². The highest BCUT2D eigenvalue weighted by Gasteiger charge is 2.14. The van der Waals surface area contributed by atoms with Gasteiger partial charge in [0.1, 0.15) is 5.82 Å². The lowest BCUT2D eigenvalue weighted by Gasteiger charge is -2.12. The number of benzene rings is 2. The topological polar surface area (TPSA) is 41.1 Å². The van der Waals surface area contributed by atoms with Crippen LogP contribution >= 0.6 is 0 Å². The summed E-state index contributed by atoms with van der Waals surface area (Å²) in [6.45, 7) is 3.87. The van der Waals surface area contributed by atoms with E-state index in [0.717, 1.165) is 16.8 Å². The van der Waals surface area contributed by atoms with Crippen molar-refractivity contribution in [2.45, 2.75) is 13.8 Å². The van der Waals surface area contributed by atoms with Crippen molar-refractivity contribution in [3.63, 3.8) is 0 Å². The summed E-state index contributed by atoms with van der Waals surface area (Å²) in [7, 11) is 1.59. The number of hydrogen-bond donors (Lipinski definition) is 2. The molecule has 4 heteroatoms. The Morgan fingerprint density at radius 3 is 2.60 bits per heavy atom. The first-order chi connectivity index (χ1) is 9.52. The predicted octanol–water partition coefficient (Wildman–Crippen LogP) is 3.74. The molecule has 0 fully saturated rings. The molecule has 20 heavy (non-hydrogen) atoms. The van der Waals surface area contributed by atoms with E-state index in [1.165, 1.54) is 12.1 Å². The summed E-state index contributed by atoms with van der Waals surface area (Å²) < 4.78 is 13.7. The average Bonchev–Trinajstić information content (AvgIpc) is 2.42. The third-order valence-corrected chi connectivity index (χ3v) is 3.15. The van der Waals surface area contributed by atoms with Crippen LogP contribution in [-0.2, 0) is 0 Å².